The maximum atomic E-state index is 11.0. The van der Waals surface area contributed by atoms with Gasteiger partial charge >= 0.3 is 0 Å². The minimum absolute atomic E-state index is 0.0690. The average Bonchev–Trinajstić information content (AvgIpc) is 2.19. The molecule has 0 aromatic carbocycles. The summed E-state index contributed by atoms with van der Waals surface area (Å²) in [6.45, 7) is 0.419. The van der Waals surface area contributed by atoms with E-state index < -0.39 is 0 Å². The van der Waals surface area contributed by atoms with E-state index in [0.29, 0.717) is 16.7 Å². The van der Waals surface area contributed by atoms with Gasteiger partial charge < -0.3 is 5.73 Å². The molecular weight excluding hydrogens is 274 g/mol. The van der Waals surface area contributed by atoms with E-state index in [0.717, 1.165) is 19.3 Å². The fourth-order valence-electron chi connectivity index (χ4n) is 2.12. The van der Waals surface area contributed by atoms with Crippen molar-refractivity contribution >= 4 is 21.6 Å². The predicted molar refractivity (Wildman–Crippen MR) is 63.2 cm³/mol. The Labute approximate surface area is 101 Å². The van der Waals surface area contributed by atoms with Crippen LogP contribution in [-0.4, -0.2) is 16.5 Å². The van der Waals surface area contributed by atoms with Crippen LogP contribution in [0.2, 0.25) is 0 Å². The van der Waals surface area contributed by atoms with Gasteiger partial charge in [-0.3, -0.25) is 15.1 Å². The van der Waals surface area contributed by atoms with Gasteiger partial charge in [-0.15, -0.1) is 0 Å². The maximum Gasteiger partial charge on any atom is 0.292 e. The van der Waals surface area contributed by atoms with E-state index in [4.69, 9.17) is 5.73 Å². The minimum Gasteiger partial charge on any atom is -0.330 e. The van der Waals surface area contributed by atoms with Crippen LogP contribution in [-0.2, 0) is 5.41 Å². The van der Waals surface area contributed by atoms with Gasteiger partial charge in [0.1, 0.15) is 5.69 Å². The molecule has 0 unspecified atom stereocenters. The van der Waals surface area contributed by atoms with Crippen molar-refractivity contribution in [1.29, 1.82) is 0 Å². The summed E-state index contributed by atoms with van der Waals surface area (Å²) in [6, 6.07) is 1.50. The lowest BCUT2D eigenvalue weighted by atomic mass is 9.66. The highest BCUT2D eigenvalue weighted by Crippen LogP contribution is 2.45. The molecule has 0 atom stereocenters. The molecule has 0 amide bonds. The monoisotopic (exact) mass is 285 g/mol. The number of hydrogen-bond donors (Lipinski definition) is 1. The van der Waals surface area contributed by atoms with Gasteiger partial charge in [0.15, 0.2) is 0 Å². The zero-order valence-electron chi connectivity index (χ0n) is 8.65. The third-order valence-electron chi connectivity index (χ3n) is 3.23. The Kier molecular flexibility index (Phi) is 2.94. The minimum atomic E-state index is -0.386. The molecule has 1 heterocycles. The number of nitrogens with two attached hydrogens (primary N) is 1. The molecule has 1 aliphatic rings. The van der Waals surface area contributed by atoms with Crippen molar-refractivity contribution in [2.45, 2.75) is 24.7 Å². The molecule has 0 radical (unpaired) electrons. The highest BCUT2D eigenvalue weighted by molar-refractivity contribution is 9.10. The predicted octanol–water partition coefficient (Wildman–Crippen LogP) is 2.13. The van der Waals surface area contributed by atoms with Gasteiger partial charge in [0.05, 0.1) is 4.92 Å². The third kappa shape index (κ3) is 1.72. The number of pyridine rings is 1. The molecule has 2 rings (SSSR count). The first kappa shape index (κ1) is 11.5. The fraction of sp³-hybridized carbons (Fsp3) is 0.500. The summed E-state index contributed by atoms with van der Waals surface area (Å²) in [5.74, 6) is 0. The molecule has 1 saturated carbocycles. The second-order valence-corrected chi connectivity index (χ2v) is 5.03. The zero-order chi connectivity index (χ0) is 11.8. The van der Waals surface area contributed by atoms with E-state index in [2.05, 4.69) is 20.9 Å². The standard InChI is InChI=1S/C10H12BrN3O2/c11-7-4-8(14(15)16)9(13-5-7)10(6-12)2-1-3-10/h4-5H,1-3,6,12H2. The van der Waals surface area contributed by atoms with Crippen molar-refractivity contribution in [1.82, 2.24) is 4.98 Å². The molecule has 86 valence electrons. The quantitative estimate of drug-likeness (QED) is 0.681. The van der Waals surface area contributed by atoms with Crippen molar-refractivity contribution in [3.05, 3.63) is 32.5 Å². The van der Waals surface area contributed by atoms with Crippen molar-refractivity contribution in [2.75, 3.05) is 6.54 Å². The van der Waals surface area contributed by atoms with Crippen LogP contribution < -0.4 is 5.73 Å². The number of nitro groups is 1. The van der Waals surface area contributed by atoms with E-state index in [1.54, 1.807) is 6.20 Å². The molecule has 2 N–H and O–H groups in total. The molecule has 6 heteroatoms. The highest BCUT2D eigenvalue weighted by atomic mass is 79.9. The molecule has 0 spiro atoms. The Hall–Kier alpha value is -1.01. The number of rotatable bonds is 3. The molecule has 1 aromatic rings. The molecule has 16 heavy (non-hydrogen) atoms. The summed E-state index contributed by atoms with van der Waals surface area (Å²) < 4.78 is 0.620. The van der Waals surface area contributed by atoms with E-state index in [1.807, 2.05) is 0 Å². The van der Waals surface area contributed by atoms with Gasteiger partial charge in [0.2, 0.25) is 0 Å². The first-order valence-corrected chi connectivity index (χ1v) is 5.89. The Bertz CT molecular complexity index is 427. The van der Waals surface area contributed by atoms with Gasteiger partial charge in [0, 0.05) is 28.7 Å². The lowest BCUT2D eigenvalue weighted by molar-refractivity contribution is -0.386. The second kappa shape index (κ2) is 4.10. The van der Waals surface area contributed by atoms with E-state index in [1.165, 1.54) is 6.07 Å². The number of hydrogen-bond acceptors (Lipinski definition) is 4. The molecule has 0 saturated heterocycles. The van der Waals surface area contributed by atoms with Crippen LogP contribution in [0.5, 0.6) is 0 Å². The van der Waals surface area contributed by atoms with Crippen LogP contribution in [0.25, 0.3) is 0 Å². The largest absolute Gasteiger partial charge is 0.330 e. The molecule has 0 bridgehead atoms. The Morgan fingerprint density at radius 3 is 2.75 bits per heavy atom. The average molecular weight is 286 g/mol. The first-order chi connectivity index (χ1) is 7.59. The number of halogens is 1. The lowest BCUT2D eigenvalue weighted by Crippen LogP contribution is -2.42. The van der Waals surface area contributed by atoms with Crippen LogP contribution in [0, 0.1) is 10.1 Å². The van der Waals surface area contributed by atoms with Crippen LogP contribution in [0.15, 0.2) is 16.7 Å². The van der Waals surface area contributed by atoms with Crippen LogP contribution in [0.4, 0.5) is 5.69 Å². The fourth-order valence-corrected chi connectivity index (χ4v) is 2.44. The molecule has 1 aromatic heterocycles. The van der Waals surface area contributed by atoms with E-state index in [-0.39, 0.29) is 16.0 Å². The maximum absolute atomic E-state index is 11.0. The van der Waals surface area contributed by atoms with Gasteiger partial charge in [-0.2, -0.15) is 0 Å². The van der Waals surface area contributed by atoms with Gasteiger partial charge in [-0.25, -0.2) is 0 Å². The lowest BCUT2D eigenvalue weighted by Gasteiger charge is -2.39. The molecule has 1 fully saturated rings. The van der Waals surface area contributed by atoms with E-state index >= 15 is 0 Å². The third-order valence-corrected chi connectivity index (χ3v) is 3.67. The molecule has 5 nitrogen and oxygen atoms in total. The van der Waals surface area contributed by atoms with Gasteiger partial charge in [-0.05, 0) is 28.8 Å². The Balaban J connectivity index is 2.51. The SMILES string of the molecule is NCC1(c2ncc(Br)cc2[N+](=O)[O-])CCC1. The second-order valence-electron chi connectivity index (χ2n) is 4.12. The van der Waals surface area contributed by atoms with Crippen molar-refractivity contribution in [3.63, 3.8) is 0 Å². The van der Waals surface area contributed by atoms with Gasteiger partial charge in [0.25, 0.3) is 5.69 Å². The summed E-state index contributed by atoms with van der Waals surface area (Å²) in [4.78, 5) is 14.8. The summed E-state index contributed by atoms with van der Waals surface area (Å²) in [7, 11) is 0. The highest BCUT2D eigenvalue weighted by Gasteiger charge is 2.43. The Morgan fingerprint density at radius 2 is 2.31 bits per heavy atom. The van der Waals surface area contributed by atoms with Gasteiger partial charge in [-0.1, -0.05) is 6.42 Å². The molecule has 1 aliphatic carbocycles. The normalized spacial score (nSPS) is 17.9. The summed E-state index contributed by atoms with van der Waals surface area (Å²) in [6.07, 6.45) is 4.43. The smallest absolute Gasteiger partial charge is 0.292 e. The van der Waals surface area contributed by atoms with Crippen molar-refractivity contribution in [3.8, 4) is 0 Å². The summed E-state index contributed by atoms with van der Waals surface area (Å²) in [5.41, 5.74) is 6.06. The number of aromatic nitrogens is 1. The van der Waals surface area contributed by atoms with Crippen molar-refractivity contribution < 1.29 is 4.92 Å². The number of nitrogens with zero attached hydrogens (tertiary/aromatic N) is 2. The van der Waals surface area contributed by atoms with Crippen LogP contribution in [0.3, 0.4) is 0 Å². The van der Waals surface area contributed by atoms with Crippen molar-refractivity contribution in [2.24, 2.45) is 5.73 Å². The summed E-state index contributed by atoms with van der Waals surface area (Å²) >= 11 is 3.20. The van der Waals surface area contributed by atoms with E-state index in [9.17, 15) is 10.1 Å². The topological polar surface area (TPSA) is 82.0 Å². The Morgan fingerprint density at radius 1 is 1.62 bits per heavy atom. The van der Waals surface area contributed by atoms with Crippen LogP contribution in [0.1, 0.15) is 25.0 Å². The molecular formula is C10H12BrN3O2. The summed E-state index contributed by atoms with van der Waals surface area (Å²) in [5, 5.41) is 11.0. The van der Waals surface area contributed by atoms with Crippen LogP contribution >= 0.6 is 15.9 Å². The zero-order valence-corrected chi connectivity index (χ0v) is 10.2. The molecule has 0 aliphatic heterocycles. The first-order valence-electron chi connectivity index (χ1n) is 5.09.